The van der Waals surface area contributed by atoms with E-state index >= 15 is 0 Å². The van der Waals surface area contributed by atoms with Crippen LogP contribution in [0.4, 0.5) is 0 Å². The SMILES string of the molecule is COc1ccc(C(O)=C2C(=O)C(=O)N(CCCN(C)C)[C@@H]2c2ccc(OC)c(OC)c2)cc1C. The molecule has 1 saturated heterocycles. The van der Waals surface area contributed by atoms with E-state index in [0.29, 0.717) is 41.3 Å². The maximum atomic E-state index is 13.2. The maximum Gasteiger partial charge on any atom is 0.295 e. The lowest BCUT2D eigenvalue weighted by Gasteiger charge is -2.26. The van der Waals surface area contributed by atoms with Gasteiger partial charge in [-0.05, 0) is 75.4 Å². The van der Waals surface area contributed by atoms with Gasteiger partial charge in [0.2, 0.25) is 0 Å². The van der Waals surface area contributed by atoms with E-state index in [-0.39, 0.29) is 11.3 Å². The number of methoxy groups -OCH3 is 3. The van der Waals surface area contributed by atoms with Gasteiger partial charge >= 0.3 is 0 Å². The third-order valence-electron chi connectivity index (χ3n) is 5.94. The topological polar surface area (TPSA) is 88.5 Å². The number of Topliss-reactive ketones (excluding diaryl/α,β-unsaturated/α-hetero) is 1. The Labute approximate surface area is 200 Å². The predicted molar refractivity (Wildman–Crippen MR) is 129 cm³/mol. The third kappa shape index (κ3) is 4.87. The van der Waals surface area contributed by atoms with E-state index in [4.69, 9.17) is 14.2 Å². The number of aryl methyl sites for hydroxylation is 1. The minimum Gasteiger partial charge on any atom is -0.507 e. The van der Waals surface area contributed by atoms with Crippen LogP contribution in [0.25, 0.3) is 5.76 Å². The van der Waals surface area contributed by atoms with Gasteiger partial charge in [0.05, 0.1) is 32.9 Å². The van der Waals surface area contributed by atoms with Crippen molar-refractivity contribution in [2.24, 2.45) is 0 Å². The summed E-state index contributed by atoms with van der Waals surface area (Å²) in [7, 11) is 8.53. The second-order valence-electron chi connectivity index (χ2n) is 8.45. The lowest BCUT2D eigenvalue weighted by Crippen LogP contribution is -2.32. The number of hydrogen-bond donors (Lipinski definition) is 1. The minimum atomic E-state index is -0.760. The molecule has 0 radical (unpaired) electrons. The molecule has 8 nitrogen and oxygen atoms in total. The second-order valence-corrected chi connectivity index (χ2v) is 8.45. The highest BCUT2D eigenvalue weighted by Crippen LogP contribution is 2.42. The molecular formula is C26H32N2O6. The fourth-order valence-corrected chi connectivity index (χ4v) is 4.22. The normalized spacial score (nSPS) is 17.4. The third-order valence-corrected chi connectivity index (χ3v) is 5.94. The van der Waals surface area contributed by atoms with Gasteiger partial charge in [0.1, 0.15) is 11.5 Å². The van der Waals surface area contributed by atoms with Gasteiger partial charge in [-0.1, -0.05) is 6.07 Å². The lowest BCUT2D eigenvalue weighted by molar-refractivity contribution is -0.139. The van der Waals surface area contributed by atoms with Crippen LogP contribution in [-0.2, 0) is 9.59 Å². The number of carbonyl (C=O) groups is 2. The molecule has 0 aliphatic carbocycles. The number of benzene rings is 2. The summed E-state index contributed by atoms with van der Waals surface area (Å²) in [5.74, 6) is 0.0952. The van der Waals surface area contributed by atoms with Gasteiger partial charge in [-0.3, -0.25) is 9.59 Å². The van der Waals surface area contributed by atoms with E-state index in [1.807, 2.05) is 25.9 Å². The van der Waals surface area contributed by atoms with Gasteiger partial charge in [0.15, 0.2) is 11.5 Å². The van der Waals surface area contributed by atoms with Gasteiger partial charge in [0.25, 0.3) is 11.7 Å². The molecule has 1 N–H and O–H groups in total. The number of rotatable bonds is 9. The summed E-state index contributed by atoms with van der Waals surface area (Å²) < 4.78 is 16.1. The number of ether oxygens (including phenoxy) is 3. The number of carbonyl (C=O) groups excluding carboxylic acids is 2. The van der Waals surface area contributed by atoms with Crippen LogP contribution in [0.3, 0.4) is 0 Å². The van der Waals surface area contributed by atoms with Crippen LogP contribution in [0, 0.1) is 6.92 Å². The monoisotopic (exact) mass is 468 g/mol. The molecule has 182 valence electrons. The van der Waals surface area contributed by atoms with Gasteiger partial charge in [-0.25, -0.2) is 0 Å². The van der Waals surface area contributed by atoms with E-state index in [9.17, 15) is 14.7 Å². The molecule has 0 aromatic heterocycles. The Hall–Kier alpha value is -3.52. The van der Waals surface area contributed by atoms with E-state index in [0.717, 1.165) is 12.1 Å². The van der Waals surface area contributed by atoms with Crippen molar-refractivity contribution in [3.8, 4) is 17.2 Å². The second kappa shape index (κ2) is 10.6. The Balaban J connectivity index is 2.16. The van der Waals surface area contributed by atoms with E-state index in [2.05, 4.69) is 0 Å². The Morgan fingerprint density at radius 2 is 1.62 bits per heavy atom. The molecule has 1 atom stereocenters. The van der Waals surface area contributed by atoms with Crippen LogP contribution >= 0.6 is 0 Å². The molecular weight excluding hydrogens is 436 g/mol. The van der Waals surface area contributed by atoms with Crippen LogP contribution in [-0.4, -0.2) is 75.1 Å². The van der Waals surface area contributed by atoms with Crippen molar-refractivity contribution in [1.29, 1.82) is 0 Å². The zero-order chi connectivity index (χ0) is 25.0. The highest BCUT2D eigenvalue weighted by molar-refractivity contribution is 6.46. The van der Waals surface area contributed by atoms with Crippen molar-refractivity contribution < 1.29 is 28.9 Å². The first-order valence-electron chi connectivity index (χ1n) is 11.0. The molecule has 1 amide bonds. The first-order valence-corrected chi connectivity index (χ1v) is 11.0. The van der Waals surface area contributed by atoms with E-state index < -0.39 is 17.7 Å². The molecule has 3 rings (SSSR count). The number of aliphatic hydroxyl groups excluding tert-OH is 1. The van der Waals surface area contributed by atoms with Crippen molar-refractivity contribution in [3.63, 3.8) is 0 Å². The molecule has 0 bridgehead atoms. The smallest absolute Gasteiger partial charge is 0.295 e. The highest BCUT2D eigenvalue weighted by atomic mass is 16.5. The van der Waals surface area contributed by atoms with Crippen molar-refractivity contribution in [1.82, 2.24) is 9.80 Å². The molecule has 0 unspecified atom stereocenters. The highest BCUT2D eigenvalue weighted by Gasteiger charge is 2.46. The molecule has 1 aliphatic heterocycles. The summed E-state index contributed by atoms with van der Waals surface area (Å²) in [5.41, 5.74) is 1.93. The van der Waals surface area contributed by atoms with Crippen LogP contribution in [0.2, 0.25) is 0 Å². The Morgan fingerprint density at radius 1 is 0.971 bits per heavy atom. The van der Waals surface area contributed by atoms with Crippen LogP contribution < -0.4 is 14.2 Å². The summed E-state index contributed by atoms with van der Waals surface area (Å²) in [6.07, 6.45) is 0.672. The van der Waals surface area contributed by atoms with Crippen molar-refractivity contribution in [3.05, 3.63) is 58.7 Å². The van der Waals surface area contributed by atoms with Crippen molar-refractivity contribution >= 4 is 17.4 Å². The van der Waals surface area contributed by atoms with Gasteiger partial charge in [0, 0.05) is 12.1 Å². The number of aliphatic hydroxyl groups is 1. The minimum absolute atomic E-state index is 0.0478. The summed E-state index contributed by atoms with van der Waals surface area (Å²) >= 11 is 0. The predicted octanol–water partition coefficient (Wildman–Crippen LogP) is 3.39. The van der Waals surface area contributed by atoms with Crippen molar-refractivity contribution in [2.75, 3.05) is 48.5 Å². The average Bonchev–Trinajstić information content (AvgIpc) is 3.07. The van der Waals surface area contributed by atoms with Crippen molar-refractivity contribution in [2.45, 2.75) is 19.4 Å². The van der Waals surface area contributed by atoms with Crippen LogP contribution in [0.1, 0.15) is 29.2 Å². The Kier molecular flexibility index (Phi) is 7.83. The molecule has 0 saturated carbocycles. The first kappa shape index (κ1) is 25.1. The molecule has 8 heteroatoms. The zero-order valence-corrected chi connectivity index (χ0v) is 20.5. The van der Waals surface area contributed by atoms with Gasteiger partial charge in [-0.15, -0.1) is 0 Å². The fourth-order valence-electron chi connectivity index (χ4n) is 4.22. The van der Waals surface area contributed by atoms with E-state index in [1.165, 1.54) is 19.1 Å². The summed E-state index contributed by atoms with van der Waals surface area (Å²) in [6, 6.07) is 9.62. The Bertz CT molecular complexity index is 1110. The summed E-state index contributed by atoms with van der Waals surface area (Å²) in [5, 5.41) is 11.3. The number of nitrogens with zero attached hydrogens (tertiary/aromatic N) is 2. The molecule has 1 aliphatic rings. The quantitative estimate of drug-likeness (QED) is 0.343. The molecule has 34 heavy (non-hydrogen) atoms. The maximum absolute atomic E-state index is 13.2. The van der Waals surface area contributed by atoms with Gasteiger partial charge < -0.3 is 29.1 Å². The molecule has 0 spiro atoms. The largest absolute Gasteiger partial charge is 0.507 e. The summed E-state index contributed by atoms with van der Waals surface area (Å²) in [6.45, 7) is 2.96. The number of amides is 1. The molecule has 2 aromatic rings. The van der Waals surface area contributed by atoms with Crippen LogP contribution in [0.15, 0.2) is 42.0 Å². The lowest BCUT2D eigenvalue weighted by atomic mass is 9.94. The fraction of sp³-hybridized carbons (Fsp3) is 0.385. The first-order chi connectivity index (χ1) is 16.2. The molecule has 2 aromatic carbocycles. The summed E-state index contributed by atoms with van der Waals surface area (Å²) in [4.78, 5) is 29.8. The number of ketones is 1. The molecule has 1 fully saturated rings. The zero-order valence-electron chi connectivity index (χ0n) is 20.5. The number of likely N-dealkylation sites (tertiary alicyclic amines) is 1. The number of hydrogen-bond acceptors (Lipinski definition) is 7. The van der Waals surface area contributed by atoms with E-state index in [1.54, 1.807) is 43.5 Å². The Morgan fingerprint density at radius 3 is 2.21 bits per heavy atom. The molecule has 1 heterocycles. The van der Waals surface area contributed by atoms with Crippen LogP contribution in [0.5, 0.6) is 17.2 Å². The average molecular weight is 469 g/mol. The standard InChI is InChI=1S/C26H32N2O6/c1-16-14-18(9-10-19(16)32-4)24(29)22-23(17-8-11-20(33-5)21(15-17)34-6)28(26(31)25(22)30)13-7-12-27(2)3/h8-11,14-15,23,29H,7,12-13H2,1-6H3/t23-/m1/s1. The van der Waals surface area contributed by atoms with Gasteiger partial charge in [-0.2, -0.15) is 0 Å².